The number of aryl methyl sites for hydroxylation is 2. The van der Waals surface area contributed by atoms with E-state index in [1.807, 2.05) is 40.7 Å². The number of carbonyl (C=O) groups is 2. The summed E-state index contributed by atoms with van der Waals surface area (Å²) in [6.45, 7) is 8.93. The Morgan fingerprint density at radius 2 is 1.60 bits per heavy atom. The third-order valence-electron chi connectivity index (χ3n) is 5.43. The molecule has 3 aromatic rings. The van der Waals surface area contributed by atoms with Crippen LogP contribution in [0.1, 0.15) is 38.2 Å². The molecule has 1 aromatic heterocycles. The van der Waals surface area contributed by atoms with Crippen LogP contribution in [-0.4, -0.2) is 25.0 Å². The van der Waals surface area contributed by atoms with Crippen LogP contribution in [0.15, 0.2) is 39.5 Å². The molecular formula is C24H24O6. The molecule has 0 aliphatic carbocycles. The van der Waals surface area contributed by atoms with E-state index in [0.29, 0.717) is 16.9 Å². The lowest BCUT2D eigenvalue weighted by Crippen LogP contribution is -2.20. The van der Waals surface area contributed by atoms with Crippen LogP contribution in [0.3, 0.4) is 0 Å². The third kappa shape index (κ3) is 4.43. The van der Waals surface area contributed by atoms with Gasteiger partial charge in [-0.3, -0.25) is 4.79 Å². The van der Waals surface area contributed by atoms with Crippen LogP contribution in [0.25, 0.3) is 11.0 Å². The highest BCUT2D eigenvalue weighted by Crippen LogP contribution is 2.23. The van der Waals surface area contributed by atoms with Gasteiger partial charge in [0.05, 0.1) is 0 Å². The molecule has 0 saturated heterocycles. The number of carbonyl (C=O) groups excluding carboxylic acids is 2. The van der Waals surface area contributed by atoms with Gasteiger partial charge in [-0.2, -0.15) is 0 Å². The van der Waals surface area contributed by atoms with Gasteiger partial charge in [0.1, 0.15) is 11.3 Å². The second-order valence-electron chi connectivity index (χ2n) is 7.39. The lowest BCUT2D eigenvalue weighted by molar-refractivity contribution is -0.144. The first kappa shape index (κ1) is 21.3. The Balaban J connectivity index is 1.61. The first-order valence-corrected chi connectivity index (χ1v) is 9.61. The van der Waals surface area contributed by atoms with E-state index in [0.717, 1.165) is 33.2 Å². The van der Waals surface area contributed by atoms with Crippen LogP contribution in [-0.2, 0) is 9.53 Å². The highest BCUT2D eigenvalue weighted by atomic mass is 16.6. The standard InChI is InChI=1S/C24H24O6/c1-13-8-20(17(5)16(4)15(13)3)21(25)11-29-24(27)12-28-18-6-7-19-14(2)9-23(26)30-22(19)10-18/h6-10H,11-12H2,1-5H3. The minimum absolute atomic E-state index is 0.255. The summed E-state index contributed by atoms with van der Waals surface area (Å²) >= 11 is 0. The van der Waals surface area contributed by atoms with Crippen molar-refractivity contribution in [3.8, 4) is 5.75 Å². The summed E-state index contributed by atoms with van der Waals surface area (Å²) in [7, 11) is 0. The quantitative estimate of drug-likeness (QED) is 0.346. The number of esters is 1. The van der Waals surface area contributed by atoms with Gasteiger partial charge in [0.2, 0.25) is 5.78 Å². The number of hydrogen-bond donors (Lipinski definition) is 0. The Bertz CT molecular complexity index is 1200. The van der Waals surface area contributed by atoms with Crippen LogP contribution in [0, 0.1) is 34.6 Å². The SMILES string of the molecule is Cc1cc(C(=O)COC(=O)COc2ccc3c(C)cc(=O)oc3c2)c(C)c(C)c1C. The molecule has 0 bridgehead atoms. The molecule has 0 unspecified atom stereocenters. The van der Waals surface area contributed by atoms with Gasteiger partial charge in [-0.25, -0.2) is 9.59 Å². The Kier molecular flexibility index (Phi) is 6.06. The average Bonchev–Trinajstić information content (AvgIpc) is 2.71. The maximum Gasteiger partial charge on any atom is 0.344 e. The van der Waals surface area contributed by atoms with Gasteiger partial charge in [-0.15, -0.1) is 0 Å². The molecule has 0 atom stereocenters. The van der Waals surface area contributed by atoms with Gasteiger partial charge in [0, 0.05) is 23.1 Å². The summed E-state index contributed by atoms with van der Waals surface area (Å²) in [5.41, 5.74) is 5.40. The second-order valence-corrected chi connectivity index (χ2v) is 7.39. The van der Waals surface area contributed by atoms with Gasteiger partial charge in [-0.1, -0.05) is 0 Å². The van der Waals surface area contributed by atoms with E-state index in [1.165, 1.54) is 6.07 Å². The molecule has 0 aliphatic heterocycles. The Morgan fingerprint density at radius 1 is 0.867 bits per heavy atom. The van der Waals surface area contributed by atoms with Crippen LogP contribution in [0.5, 0.6) is 5.75 Å². The molecule has 1 heterocycles. The van der Waals surface area contributed by atoms with Gasteiger partial charge in [0.25, 0.3) is 0 Å². The molecular weight excluding hydrogens is 384 g/mol. The fourth-order valence-electron chi connectivity index (χ4n) is 3.30. The van der Waals surface area contributed by atoms with Crippen LogP contribution in [0.4, 0.5) is 0 Å². The fourth-order valence-corrected chi connectivity index (χ4v) is 3.30. The molecule has 6 nitrogen and oxygen atoms in total. The predicted molar refractivity (Wildman–Crippen MR) is 113 cm³/mol. The minimum Gasteiger partial charge on any atom is -0.482 e. The smallest absolute Gasteiger partial charge is 0.344 e. The molecule has 0 saturated carbocycles. The highest BCUT2D eigenvalue weighted by Gasteiger charge is 2.16. The molecule has 6 heteroatoms. The molecule has 0 aliphatic rings. The van der Waals surface area contributed by atoms with Crippen molar-refractivity contribution in [2.75, 3.05) is 13.2 Å². The van der Waals surface area contributed by atoms with E-state index in [-0.39, 0.29) is 19.0 Å². The van der Waals surface area contributed by atoms with Crippen molar-refractivity contribution in [2.45, 2.75) is 34.6 Å². The van der Waals surface area contributed by atoms with Crippen LogP contribution in [0.2, 0.25) is 0 Å². The third-order valence-corrected chi connectivity index (χ3v) is 5.43. The average molecular weight is 408 g/mol. The molecule has 0 radical (unpaired) electrons. The van der Waals surface area contributed by atoms with Crippen LogP contribution >= 0.6 is 0 Å². The second kappa shape index (κ2) is 8.53. The van der Waals surface area contributed by atoms with Gasteiger partial charge in [0.15, 0.2) is 13.2 Å². The van der Waals surface area contributed by atoms with Crippen LogP contribution < -0.4 is 10.4 Å². The molecule has 156 valence electrons. The summed E-state index contributed by atoms with van der Waals surface area (Å²) in [6.07, 6.45) is 0. The first-order valence-electron chi connectivity index (χ1n) is 9.61. The summed E-state index contributed by atoms with van der Waals surface area (Å²) in [6, 6.07) is 8.21. The summed E-state index contributed by atoms with van der Waals surface area (Å²) in [4.78, 5) is 36.1. The minimum atomic E-state index is -0.660. The molecule has 30 heavy (non-hydrogen) atoms. The van der Waals surface area contributed by atoms with E-state index in [4.69, 9.17) is 13.9 Å². The van der Waals surface area contributed by atoms with Gasteiger partial charge < -0.3 is 13.9 Å². The lowest BCUT2D eigenvalue weighted by atomic mass is 9.93. The number of Topliss-reactive ketones (excluding diaryl/α,β-unsaturated/α-hetero) is 1. The zero-order valence-corrected chi connectivity index (χ0v) is 17.8. The normalized spacial score (nSPS) is 10.8. The van der Waals surface area contributed by atoms with E-state index in [2.05, 4.69) is 0 Å². The molecule has 0 fully saturated rings. The van der Waals surface area contributed by atoms with Gasteiger partial charge in [-0.05, 0) is 80.6 Å². The molecule has 0 amide bonds. The fraction of sp³-hybridized carbons (Fsp3) is 0.292. The lowest BCUT2D eigenvalue weighted by Gasteiger charge is -2.13. The molecule has 3 rings (SSSR count). The van der Waals surface area contributed by atoms with Crippen molar-refractivity contribution in [3.63, 3.8) is 0 Å². The van der Waals surface area contributed by atoms with Crippen molar-refractivity contribution in [1.29, 1.82) is 0 Å². The summed E-state index contributed by atoms with van der Waals surface area (Å²) in [5, 5.41) is 0.786. The number of rotatable bonds is 6. The Labute approximate surface area is 174 Å². The van der Waals surface area contributed by atoms with E-state index < -0.39 is 11.6 Å². The van der Waals surface area contributed by atoms with E-state index in [9.17, 15) is 14.4 Å². The Morgan fingerprint density at radius 3 is 2.33 bits per heavy atom. The Hall–Kier alpha value is -3.41. The maximum atomic E-state index is 12.5. The first-order chi connectivity index (χ1) is 14.2. The number of ether oxygens (including phenoxy) is 2. The maximum absolute atomic E-state index is 12.5. The summed E-state index contributed by atoms with van der Waals surface area (Å²) in [5.74, 6) is -0.553. The van der Waals surface area contributed by atoms with Gasteiger partial charge >= 0.3 is 11.6 Å². The molecule has 2 aromatic carbocycles. The zero-order valence-electron chi connectivity index (χ0n) is 17.8. The van der Waals surface area contributed by atoms with E-state index in [1.54, 1.807) is 18.2 Å². The number of ketones is 1. The highest BCUT2D eigenvalue weighted by molar-refractivity contribution is 5.99. The zero-order chi connectivity index (χ0) is 22.0. The molecule has 0 N–H and O–H groups in total. The number of benzene rings is 2. The van der Waals surface area contributed by atoms with Crippen molar-refractivity contribution >= 4 is 22.7 Å². The largest absolute Gasteiger partial charge is 0.482 e. The van der Waals surface area contributed by atoms with Crippen molar-refractivity contribution in [1.82, 2.24) is 0 Å². The van der Waals surface area contributed by atoms with Crippen molar-refractivity contribution in [3.05, 3.63) is 74.1 Å². The van der Waals surface area contributed by atoms with Crippen molar-refractivity contribution < 1.29 is 23.5 Å². The topological polar surface area (TPSA) is 82.8 Å². The van der Waals surface area contributed by atoms with Crippen molar-refractivity contribution in [2.24, 2.45) is 0 Å². The number of fused-ring (bicyclic) bond motifs is 1. The monoisotopic (exact) mass is 408 g/mol. The molecule has 0 spiro atoms. The summed E-state index contributed by atoms with van der Waals surface area (Å²) < 4.78 is 15.7. The van der Waals surface area contributed by atoms with E-state index >= 15 is 0 Å². The predicted octanol–water partition coefficient (Wildman–Crippen LogP) is 4.14. The number of hydrogen-bond acceptors (Lipinski definition) is 6.